The van der Waals surface area contributed by atoms with Gasteiger partial charge in [-0.1, -0.05) is 32.1 Å². The molecule has 23 heavy (non-hydrogen) atoms. The summed E-state index contributed by atoms with van der Waals surface area (Å²) >= 11 is 0. The third kappa shape index (κ3) is 7.64. The van der Waals surface area contributed by atoms with Gasteiger partial charge in [-0.05, 0) is 25.7 Å². The highest BCUT2D eigenvalue weighted by molar-refractivity contribution is 5.75. The van der Waals surface area contributed by atoms with Gasteiger partial charge in [-0.3, -0.25) is 9.69 Å². The number of β-amino-alcohol motifs (C(OH)–C–C–N with tert-alkyl or cyclic N) is 1. The molecule has 1 aliphatic heterocycles. The Bertz CT molecular complexity index is 348. The molecule has 2 fully saturated rings. The van der Waals surface area contributed by atoms with Crippen molar-refractivity contribution in [1.29, 1.82) is 0 Å². The van der Waals surface area contributed by atoms with E-state index in [9.17, 15) is 9.90 Å². The summed E-state index contributed by atoms with van der Waals surface area (Å²) in [4.78, 5) is 14.2. The number of ether oxygens (including phenoxy) is 1. The van der Waals surface area contributed by atoms with Gasteiger partial charge in [-0.25, -0.2) is 0 Å². The van der Waals surface area contributed by atoms with E-state index in [0.29, 0.717) is 19.5 Å². The fourth-order valence-corrected chi connectivity index (χ4v) is 3.70. The monoisotopic (exact) mass is 326 g/mol. The molecule has 1 heterocycles. The first-order valence-corrected chi connectivity index (χ1v) is 9.34. The van der Waals surface area contributed by atoms with Gasteiger partial charge in [0, 0.05) is 32.6 Å². The highest BCUT2D eigenvalue weighted by Crippen LogP contribution is 2.27. The lowest BCUT2D eigenvalue weighted by atomic mass is 9.86. The van der Waals surface area contributed by atoms with Gasteiger partial charge >= 0.3 is 0 Å². The van der Waals surface area contributed by atoms with E-state index in [2.05, 4.69) is 10.2 Å². The Morgan fingerprint density at radius 1 is 1.26 bits per heavy atom. The number of morpholine rings is 1. The van der Waals surface area contributed by atoms with Crippen LogP contribution in [0.15, 0.2) is 0 Å². The second-order valence-corrected chi connectivity index (χ2v) is 7.56. The molecular formula is C18H34N2O3. The van der Waals surface area contributed by atoms with Gasteiger partial charge in [0.1, 0.15) is 0 Å². The molecule has 5 heteroatoms. The summed E-state index contributed by atoms with van der Waals surface area (Å²) in [6, 6.07) is 0. The van der Waals surface area contributed by atoms with Crippen molar-refractivity contribution in [3.05, 3.63) is 0 Å². The summed E-state index contributed by atoms with van der Waals surface area (Å²) in [5, 5.41) is 13.4. The van der Waals surface area contributed by atoms with Crippen LogP contribution in [0.3, 0.4) is 0 Å². The molecule has 0 radical (unpaired) electrons. The Hall–Kier alpha value is -0.650. The second kappa shape index (κ2) is 9.60. The van der Waals surface area contributed by atoms with Crippen LogP contribution in [0.25, 0.3) is 0 Å². The molecular weight excluding hydrogens is 292 g/mol. The first-order chi connectivity index (χ1) is 11.1. The number of rotatable bonds is 8. The van der Waals surface area contributed by atoms with Crippen molar-refractivity contribution in [3.63, 3.8) is 0 Å². The first-order valence-electron chi connectivity index (χ1n) is 9.34. The zero-order valence-electron chi connectivity index (χ0n) is 14.7. The predicted molar refractivity (Wildman–Crippen MR) is 91.3 cm³/mol. The molecule has 0 spiro atoms. The van der Waals surface area contributed by atoms with Gasteiger partial charge in [0.2, 0.25) is 5.91 Å². The van der Waals surface area contributed by atoms with Crippen LogP contribution in [0, 0.1) is 5.92 Å². The normalized spacial score (nSPS) is 23.4. The average Bonchev–Trinajstić information content (AvgIpc) is 2.55. The van der Waals surface area contributed by atoms with Crippen LogP contribution < -0.4 is 5.32 Å². The number of hydrogen-bond donors (Lipinski definition) is 2. The van der Waals surface area contributed by atoms with Crippen molar-refractivity contribution in [2.75, 3.05) is 39.4 Å². The van der Waals surface area contributed by atoms with Crippen LogP contribution in [0.1, 0.15) is 58.3 Å². The van der Waals surface area contributed by atoms with Crippen LogP contribution in [0.2, 0.25) is 0 Å². The standard InChI is InChI=1S/C18H34N2O3/c1-18(22,15-20-10-12-23-13-11-20)14-19-17(21)9-5-8-16-6-3-2-4-7-16/h16,22H,2-15H2,1H3,(H,19,21). The van der Waals surface area contributed by atoms with Crippen molar-refractivity contribution >= 4 is 5.91 Å². The Morgan fingerprint density at radius 2 is 1.96 bits per heavy atom. The summed E-state index contributed by atoms with van der Waals surface area (Å²) in [7, 11) is 0. The Morgan fingerprint density at radius 3 is 2.65 bits per heavy atom. The minimum atomic E-state index is -0.879. The topological polar surface area (TPSA) is 61.8 Å². The van der Waals surface area contributed by atoms with E-state index in [4.69, 9.17) is 4.74 Å². The molecule has 1 saturated heterocycles. The smallest absolute Gasteiger partial charge is 0.220 e. The lowest BCUT2D eigenvalue weighted by Crippen LogP contribution is -2.51. The highest BCUT2D eigenvalue weighted by Gasteiger charge is 2.25. The third-order valence-corrected chi connectivity index (χ3v) is 5.08. The number of carbonyl (C=O) groups is 1. The van der Waals surface area contributed by atoms with E-state index < -0.39 is 5.60 Å². The van der Waals surface area contributed by atoms with Gasteiger partial charge in [0.25, 0.3) is 0 Å². The molecule has 1 atom stereocenters. The molecule has 0 aromatic carbocycles. The maximum absolute atomic E-state index is 12.0. The molecule has 1 aliphatic carbocycles. The van der Waals surface area contributed by atoms with Crippen LogP contribution in [-0.2, 0) is 9.53 Å². The van der Waals surface area contributed by atoms with E-state index in [1.165, 1.54) is 38.5 Å². The van der Waals surface area contributed by atoms with Crippen molar-refractivity contribution in [1.82, 2.24) is 10.2 Å². The molecule has 0 aromatic heterocycles. The van der Waals surface area contributed by atoms with E-state index >= 15 is 0 Å². The molecule has 1 saturated carbocycles. The third-order valence-electron chi connectivity index (χ3n) is 5.08. The van der Waals surface area contributed by atoms with E-state index in [0.717, 1.165) is 38.6 Å². The molecule has 2 rings (SSSR count). The maximum Gasteiger partial charge on any atom is 0.220 e. The number of nitrogens with zero attached hydrogens (tertiary/aromatic N) is 1. The second-order valence-electron chi connectivity index (χ2n) is 7.56. The zero-order chi connectivity index (χ0) is 16.5. The van der Waals surface area contributed by atoms with Crippen molar-refractivity contribution in [2.45, 2.75) is 63.9 Å². The SMILES string of the molecule is CC(O)(CNC(=O)CCCC1CCCCC1)CN1CCOCC1. The number of amides is 1. The summed E-state index contributed by atoms with van der Waals surface area (Å²) in [5.74, 6) is 0.907. The zero-order valence-corrected chi connectivity index (χ0v) is 14.7. The molecule has 2 N–H and O–H groups in total. The Labute approximate surface area is 140 Å². The van der Waals surface area contributed by atoms with Crippen molar-refractivity contribution < 1.29 is 14.6 Å². The fourth-order valence-electron chi connectivity index (χ4n) is 3.70. The van der Waals surface area contributed by atoms with Crippen molar-refractivity contribution in [3.8, 4) is 0 Å². The van der Waals surface area contributed by atoms with Crippen molar-refractivity contribution in [2.24, 2.45) is 5.92 Å². The first kappa shape index (κ1) is 18.7. The molecule has 5 nitrogen and oxygen atoms in total. The lowest BCUT2D eigenvalue weighted by molar-refractivity contribution is -0.122. The number of nitrogens with one attached hydrogen (secondary N) is 1. The van der Waals surface area contributed by atoms with Gasteiger partial charge < -0.3 is 15.2 Å². The number of carbonyl (C=O) groups excluding carboxylic acids is 1. The summed E-state index contributed by atoms with van der Waals surface area (Å²) in [5.41, 5.74) is -0.879. The fraction of sp³-hybridized carbons (Fsp3) is 0.944. The van der Waals surface area contributed by atoms with Crippen LogP contribution in [-0.4, -0.2) is 60.9 Å². The summed E-state index contributed by atoms with van der Waals surface area (Å²) < 4.78 is 5.31. The van der Waals surface area contributed by atoms with E-state index in [1.54, 1.807) is 6.92 Å². The predicted octanol–water partition coefficient (Wildman–Crippen LogP) is 1.94. The molecule has 1 amide bonds. The van der Waals surface area contributed by atoms with Gasteiger partial charge in [-0.15, -0.1) is 0 Å². The minimum absolute atomic E-state index is 0.0723. The molecule has 1 unspecified atom stereocenters. The van der Waals surface area contributed by atoms with Crippen LogP contribution in [0.4, 0.5) is 0 Å². The Balaban J connectivity index is 1.56. The van der Waals surface area contributed by atoms with E-state index in [1.807, 2.05) is 0 Å². The maximum atomic E-state index is 12.0. The van der Waals surface area contributed by atoms with Gasteiger partial charge in [0.15, 0.2) is 0 Å². The summed E-state index contributed by atoms with van der Waals surface area (Å²) in [6.45, 7) is 5.86. The molecule has 0 aromatic rings. The van der Waals surface area contributed by atoms with Crippen LogP contribution in [0.5, 0.6) is 0 Å². The minimum Gasteiger partial charge on any atom is -0.387 e. The average molecular weight is 326 g/mol. The van der Waals surface area contributed by atoms with Gasteiger partial charge in [-0.2, -0.15) is 0 Å². The molecule has 0 bridgehead atoms. The van der Waals surface area contributed by atoms with Gasteiger partial charge in [0.05, 0.1) is 18.8 Å². The van der Waals surface area contributed by atoms with E-state index in [-0.39, 0.29) is 5.91 Å². The quantitative estimate of drug-likeness (QED) is 0.715. The number of hydrogen-bond acceptors (Lipinski definition) is 4. The Kier molecular flexibility index (Phi) is 7.80. The highest BCUT2D eigenvalue weighted by atomic mass is 16.5. The largest absolute Gasteiger partial charge is 0.387 e. The number of aliphatic hydroxyl groups is 1. The molecule has 134 valence electrons. The van der Waals surface area contributed by atoms with Crippen LogP contribution >= 0.6 is 0 Å². The summed E-state index contributed by atoms with van der Waals surface area (Å²) in [6.07, 6.45) is 9.54. The molecule has 2 aliphatic rings. The lowest BCUT2D eigenvalue weighted by Gasteiger charge is -2.33.